The molecule has 0 radical (unpaired) electrons. The average molecular weight is 429 g/mol. The van der Waals surface area contributed by atoms with Gasteiger partial charge in [0.15, 0.2) is 11.3 Å². The number of nitrogens with zero attached hydrogens (tertiary/aromatic N) is 6. The Morgan fingerprint density at radius 2 is 1.90 bits per heavy atom. The van der Waals surface area contributed by atoms with Crippen molar-refractivity contribution in [3.05, 3.63) is 46.1 Å². The van der Waals surface area contributed by atoms with Crippen LogP contribution in [0.3, 0.4) is 0 Å². The molecule has 0 atom stereocenters. The van der Waals surface area contributed by atoms with Crippen molar-refractivity contribution in [3.8, 4) is 0 Å². The molecule has 3 aromatic rings. The number of fused-ring (bicyclic) bond motifs is 1. The highest BCUT2D eigenvalue weighted by atomic mass is 35.5. The van der Waals surface area contributed by atoms with Gasteiger partial charge in [-0.1, -0.05) is 32.4 Å². The molecular formula is C18H20ClF3N6O. The molecule has 0 aromatic carbocycles. The number of hydrogen-bond donors (Lipinski definition) is 0. The van der Waals surface area contributed by atoms with Crippen molar-refractivity contribution in [1.82, 2.24) is 29.3 Å². The summed E-state index contributed by atoms with van der Waals surface area (Å²) in [5.74, 6) is -0.557. The number of halogens is 4. The first-order valence-corrected chi connectivity index (χ1v) is 9.07. The second-order valence-electron chi connectivity index (χ2n) is 7.80. The highest BCUT2D eigenvalue weighted by Gasteiger charge is 2.36. The predicted molar refractivity (Wildman–Crippen MR) is 101 cm³/mol. The van der Waals surface area contributed by atoms with Crippen molar-refractivity contribution < 1.29 is 18.0 Å². The topological polar surface area (TPSA) is 68.3 Å². The first kappa shape index (κ1) is 21.1. The summed E-state index contributed by atoms with van der Waals surface area (Å²) in [5.41, 5.74) is -0.927. The molecule has 0 N–H and O–H groups in total. The quantitative estimate of drug-likeness (QED) is 0.637. The van der Waals surface area contributed by atoms with Gasteiger partial charge in [-0.3, -0.25) is 9.48 Å². The number of carbonyl (C=O) groups is 1. The molecule has 1 amide bonds. The Hall–Kier alpha value is -2.62. The number of amides is 1. The van der Waals surface area contributed by atoms with E-state index in [1.807, 2.05) is 0 Å². The van der Waals surface area contributed by atoms with Gasteiger partial charge in [-0.2, -0.15) is 23.4 Å². The Bertz CT molecular complexity index is 1060. The molecule has 0 saturated heterocycles. The van der Waals surface area contributed by atoms with E-state index in [0.717, 1.165) is 6.07 Å². The smallest absolute Gasteiger partial charge is 0.334 e. The summed E-state index contributed by atoms with van der Waals surface area (Å²) in [6, 6.07) is 2.22. The van der Waals surface area contributed by atoms with Gasteiger partial charge in [-0.05, 0) is 6.07 Å². The molecule has 3 rings (SSSR count). The van der Waals surface area contributed by atoms with Gasteiger partial charge in [0.05, 0.1) is 29.2 Å². The fourth-order valence-corrected chi connectivity index (χ4v) is 3.00. The summed E-state index contributed by atoms with van der Waals surface area (Å²) in [4.78, 5) is 18.4. The first-order chi connectivity index (χ1) is 13.3. The van der Waals surface area contributed by atoms with Crippen LogP contribution in [0, 0.1) is 0 Å². The summed E-state index contributed by atoms with van der Waals surface area (Å²) in [7, 11) is 3.19. The number of aryl methyl sites for hydroxylation is 1. The fraction of sp³-hybridized carbons (Fsp3) is 0.444. The molecule has 0 spiro atoms. The maximum Gasteiger partial charge on any atom is 0.433 e. The van der Waals surface area contributed by atoms with E-state index in [4.69, 9.17) is 11.6 Å². The Morgan fingerprint density at radius 1 is 1.24 bits per heavy atom. The Labute approximate surface area is 170 Å². The van der Waals surface area contributed by atoms with Gasteiger partial charge >= 0.3 is 6.18 Å². The molecule has 7 nitrogen and oxygen atoms in total. The largest absolute Gasteiger partial charge is 0.433 e. The van der Waals surface area contributed by atoms with E-state index in [1.54, 1.807) is 27.8 Å². The molecule has 0 aliphatic carbocycles. The van der Waals surface area contributed by atoms with Crippen LogP contribution in [0.5, 0.6) is 0 Å². The van der Waals surface area contributed by atoms with Gasteiger partial charge in [0.1, 0.15) is 5.69 Å². The predicted octanol–water partition coefficient (Wildman–Crippen LogP) is 3.70. The van der Waals surface area contributed by atoms with Crippen molar-refractivity contribution in [3.63, 3.8) is 0 Å². The van der Waals surface area contributed by atoms with Crippen molar-refractivity contribution in [2.24, 2.45) is 7.05 Å². The highest BCUT2D eigenvalue weighted by Crippen LogP contribution is 2.32. The van der Waals surface area contributed by atoms with Crippen molar-refractivity contribution in [2.75, 3.05) is 7.05 Å². The fourth-order valence-electron chi connectivity index (χ4n) is 2.77. The lowest BCUT2D eigenvalue weighted by molar-refractivity contribution is -0.142. The lowest BCUT2D eigenvalue weighted by Crippen LogP contribution is -2.28. The summed E-state index contributed by atoms with van der Waals surface area (Å²) in [5, 5.41) is 8.27. The van der Waals surface area contributed by atoms with Crippen LogP contribution < -0.4 is 0 Å². The maximum absolute atomic E-state index is 13.6. The van der Waals surface area contributed by atoms with Gasteiger partial charge in [-0.15, -0.1) is 0 Å². The van der Waals surface area contributed by atoms with E-state index < -0.39 is 23.2 Å². The van der Waals surface area contributed by atoms with Crippen LogP contribution in [0.4, 0.5) is 13.2 Å². The van der Waals surface area contributed by atoms with Crippen molar-refractivity contribution in [1.29, 1.82) is 0 Å². The highest BCUT2D eigenvalue weighted by molar-refractivity contribution is 6.31. The van der Waals surface area contributed by atoms with Crippen molar-refractivity contribution in [2.45, 2.75) is 38.9 Å². The van der Waals surface area contributed by atoms with Crippen LogP contribution in [0.15, 0.2) is 18.3 Å². The first-order valence-electron chi connectivity index (χ1n) is 8.69. The zero-order chi connectivity index (χ0) is 21.7. The Balaban J connectivity index is 2.03. The second kappa shape index (κ2) is 7.01. The minimum atomic E-state index is -4.65. The third-order valence-corrected chi connectivity index (χ3v) is 4.77. The Kier molecular flexibility index (Phi) is 5.10. The molecule has 0 fully saturated rings. The summed E-state index contributed by atoms with van der Waals surface area (Å²) >= 11 is 6.06. The third-order valence-electron chi connectivity index (χ3n) is 4.45. The lowest BCUT2D eigenvalue weighted by Gasteiger charge is -2.19. The second-order valence-corrected chi connectivity index (χ2v) is 8.21. The minimum absolute atomic E-state index is 0.0416. The number of carbonyl (C=O) groups excluding carboxylic acids is 1. The van der Waals surface area contributed by atoms with Gasteiger partial charge in [0, 0.05) is 25.6 Å². The van der Waals surface area contributed by atoms with E-state index in [2.05, 4.69) is 15.2 Å². The normalized spacial score (nSPS) is 12.6. The zero-order valence-electron chi connectivity index (χ0n) is 16.5. The van der Waals surface area contributed by atoms with E-state index in [1.165, 1.54) is 28.9 Å². The van der Waals surface area contributed by atoms with Crippen LogP contribution in [0.1, 0.15) is 48.3 Å². The molecule has 3 aromatic heterocycles. The molecule has 0 aliphatic heterocycles. The number of aromatic nitrogens is 5. The molecular weight excluding hydrogens is 409 g/mol. The van der Waals surface area contributed by atoms with E-state index in [-0.39, 0.29) is 23.6 Å². The molecule has 0 aliphatic rings. The standard InChI is InChI=1S/C18H20ClF3N6O/c1-17(2,3)13-7-14(18(20,21)22)28-15(24-13)6-11(25-28)16(29)26(4)9-12-10(19)8-23-27(12)5/h6-8H,9H2,1-5H3. The minimum Gasteiger partial charge on any atom is -0.334 e. The molecule has 0 bridgehead atoms. The number of hydrogen-bond acceptors (Lipinski definition) is 4. The molecule has 0 saturated carbocycles. The SMILES string of the molecule is CN(Cc1c(Cl)cnn1C)C(=O)c1cc2nc(C(C)(C)C)cc(C(F)(F)F)n2n1. The third kappa shape index (κ3) is 4.07. The molecule has 156 valence electrons. The van der Waals surface area contributed by atoms with Crippen LogP contribution >= 0.6 is 11.6 Å². The lowest BCUT2D eigenvalue weighted by atomic mass is 9.91. The van der Waals surface area contributed by atoms with Crippen LogP contribution in [-0.4, -0.2) is 42.2 Å². The van der Waals surface area contributed by atoms with Crippen molar-refractivity contribution >= 4 is 23.2 Å². The van der Waals surface area contributed by atoms with E-state index >= 15 is 0 Å². The number of alkyl halides is 3. The average Bonchev–Trinajstić information content (AvgIpc) is 3.16. The van der Waals surface area contributed by atoms with E-state index in [0.29, 0.717) is 15.2 Å². The number of rotatable bonds is 3. The summed E-state index contributed by atoms with van der Waals surface area (Å²) < 4.78 is 42.9. The molecule has 11 heteroatoms. The van der Waals surface area contributed by atoms with E-state index in [9.17, 15) is 18.0 Å². The van der Waals surface area contributed by atoms with Gasteiger partial charge in [-0.25, -0.2) is 9.50 Å². The van der Waals surface area contributed by atoms with Gasteiger partial charge < -0.3 is 4.90 Å². The zero-order valence-corrected chi connectivity index (χ0v) is 17.3. The molecule has 3 heterocycles. The monoisotopic (exact) mass is 428 g/mol. The summed E-state index contributed by atoms with van der Waals surface area (Å²) in [6.07, 6.45) is -3.20. The van der Waals surface area contributed by atoms with Crippen LogP contribution in [0.25, 0.3) is 5.65 Å². The van der Waals surface area contributed by atoms with Gasteiger partial charge in [0.2, 0.25) is 0 Å². The van der Waals surface area contributed by atoms with Gasteiger partial charge in [0.25, 0.3) is 5.91 Å². The Morgan fingerprint density at radius 3 is 2.41 bits per heavy atom. The van der Waals surface area contributed by atoms with Crippen LogP contribution in [-0.2, 0) is 25.2 Å². The maximum atomic E-state index is 13.6. The molecule has 0 unspecified atom stereocenters. The summed E-state index contributed by atoms with van der Waals surface area (Å²) in [6.45, 7) is 5.41. The molecule has 29 heavy (non-hydrogen) atoms. The van der Waals surface area contributed by atoms with Crippen LogP contribution in [0.2, 0.25) is 5.02 Å².